The van der Waals surface area contributed by atoms with Crippen LogP contribution in [0.1, 0.15) is 212 Å². The van der Waals surface area contributed by atoms with Crippen molar-refractivity contribution in [1.29, 1.82) is 0 Å². The fraction of sp³-hybridized carbons (Fsp3) is 0.550. The predicted molar refractivity (Wildman–Crippen MR) is 535 cm³/mol. The summed E-state index contributed by atoms with van der Waals surface area (Å²) in [5.41, 5.74) is 8.69. The Bertz CT molecular complexity index is 5500. The molecular weight excluding hydrogens is 1880 g/mol. The van der Waals surface area contributed by atoms with Crippen LogP contribution < -0.4 is 31.5 Å². The number of quaternary nitrogens is 1. The number of amides is 6. The largest absolute Gasteiger partial charge is 0.592 e. The highest BCUT2D eigenvalue weighted by Gasteiger charge is 2.45. The van der Waals surface area contributed by atoms with E-state index in [1.54, 1.807) is 75.0 Å². The van der Waals surface area contributed by atoms with Gasteiger partial charge in [0, 0.05) is 155 Å². The van der Waals surface area contributed by atoms with Gasteiger partial charge in [-0.15, -0.1) is 0 Å². The van der Waals surface area contributed by atoms with E-state index in [2.05, 4.69) is 63.8 Å². The Morgan fingerprint density at radius 2 is 1.13 bits per heavy atom. The van der Waals surface area contributed by atoms with Gasteiger partial charge in [-0.3, -0.25) is 75.7 Å². The SMILES string of the molecule is CC(=O)CCC(NC(=O)NC(CCCCNC(=O)c1cc(C(=O)NCCCCCC(=O)N(CCCCCCC(=O)Nc2ccc(CC3CN(CC(=O)O)CCN(CC(=O)O)CCN(CC(=O)O)CCN3CC(=O)O)cc2)CC[N+](C)(C)CB(F)F)cc(C2=C(/C=C/C3=[N+](CCCCS(=O)(=O)O)c4ccccc4C3(C)C)CCC/C2=C\C=C2\N(CCCCS(=O)(=O)O)c3ccccc3C2(C)C)c1)C(=O)O)C(=O)O. The molecule has 37 nitrogen and oxygen atoms in total. The van der Waals surface area contributed by atoms with Crippen LogP contribution in [0.4, 0.5) is 30.5 Å². The van der Waals surface area contributed by atoms with E-state index < -0.39 is 141 Å². The van der Waals surface area contributed by atoms with Crippen molar-refractivity contribution in [1.82, 2.24) is 45.8 Å². The van der Waals surface area contributed by atoms with Crippen molar-refractivity contribution < 1.29 is 132 Å². The molecule has 0 aromatic heterocycles. The minimum Gasteiger partial charge on any atom is -0.480 e. The number of likely N-dealkylation sites (N-methyl/N-ethyl adjacent to an activating group) is 1. The quantitative estimate of drug-likeness (QED) is 0.00642. The molecule has 3 aliphatic heterocycles. The molecule has 0 bridgehead atoms. The number of carboxylic acid groups (broad SMARTS) is 6. The van der Waals surface area contributed by atoms with Crippen molar-refractivity contribution in [2.75, 3.05) is 160 Å². The van der Waals surface area contributed by atoms with Crippen LogP contribution in [0, 0.1) is 0 Å². The Morgan fingerprint density at radius 1 is 0.577 bits per heavy atom. The molecule has 4 aromatic carbocycles. The van der Waals surface area contributed by atoms with Crippen LogP contribution in [-0.4, -0.2) is 342 Å². The molecule has 4 aromatic rings. The average Bonchev–Trinajstić information content (AvgIpc) is 1.59. The summed E-state index contributed by atoms with van der Waals surface area (Å²) in [6.45, 7) is 10.6. The standard InChI is InChI=1S/C100H140BF2N13O24S2/c1-70(117)35-42-82(97(132)133)108-98(134)107-81(96(130)131)30-17-19-46-105-95(129)76-62-74(93-72(38-43-85-99(2,3)79-28-13-15-31-83(79)114(85)48-21-23-58-141(135,136)137)26-25-27-73(93)39-44-86-100(4,5)80-29-14-16-32-84(80)115(86)49-22-24-59-142(138,139)140)61-75(63-76)94(128)104-45-18-10-12-34-88(119)112(56-57-116(6,7)69-101(102)103)47-20-9-8-11-33-87(118)106-77-40-36-71(37-41-77)60-78-64-111(67-91(124)125)53-52-109(65-89(120)121)50-51-110(66-90(122)123)54-55-113(78)68-92(126)127/h13-16,28-29,31-32,36-41,43-44,61-63,78,81-82H,8-12,17-27,30,33-35,42,45-60,64-69H2,1-7H3,(H11-2,104,105,106,107,108,118,120,121,122,123,124,125,126,127,128,129,130,131,132,133,134,135,136,137,138,139,140)/p+2. The van der Waals surface area contributed by atoms with Crippen LogP contribution in [0.5, 0.6) is 0 Å². The van der Waals surface area contributed by atoms with Gasteiger partial charge in [0.2, 0.25) is 17.5 Å². The van der Waals surface area contributed by atoms with E-state index in [1.807, 2.05) is 72.8 Å². The molecule has 8 rings (SSSR count). The first-order valence-corrected chi connectivity index (χ1v) is 51.9. The van der Waals surface area contributed by atoms with Crippen LogP contribution in [0.2, 0.25) is 0 Å². The van der Waals surface area contributed by atoms with Gasteiger partial charge in [0.25, 0.3) is 32.1 Å². The summed E-state index contributed by atoms with van der Waals surface area (Å²) in [7, 11) is -7.76. The van der Waals surface area contributed by atoms with Crippen molar-refractivity contribution in [3.8, 4) is 0 Å². The number of benzene rings is 4. The highest BCUT2D eigenvalue weighted by Crippen LogP contribution is 2.49. The van der Waals surface area contributed by atoms with Gasteiger partial charge >= 0.3 is 49.1 Å². The molecule has 4 aliphatic rings. The zero-order valence-corrected chi connectivity index (χ0v) is 84.1. The Labute approximate surface area is 830 Å². The summed E-state index contributed by atoms with van der Waals surface area (Å²) in [5, 5.41) is 72.6. The summed E-state index contributed by atoms with van der Waals surface area (Å²) in [4.78, 5) is 165. The third-order valence-electron chi connectivity index (χ3n) is 26.2. The first-order valence-electron chi connectivity index (χ1n) is 48.7. The van der Waals surface area contributed by atoms with Crippen molar-refractivity contribution in [3.63, 3.8) is 0 Å². The molecule has 3 atom stereocenters. The van der Waals surface area contributed by atoms with Crippen LogP contribution in [0.15, 0.2) is 132 Å². The van der Waals surface area contributed by atoms with Crippen molar-refractivity contribution in [2.24, 2.45) is 0 Å². The van der Waals surface area contributed by atoms with Gasteiger partial charge in [-0.25, -0.2) is 14.4 Å². The van der Waals surface area contributed by atoms with E-state index >= 15 is 4.79 Å². The van der Waals surface area contributed by atoms with E-state index in [1.165, 1.54) is 13.0 Å². The summed E-state index contributed by atoms with van der Waals surface area (Å²) < 4.78 is 97.0. The topological polar surface area (TPSA) is 518 Å². The second-order valence-corrected chi connectivity index (χ2v) is 41.9. The summed E-state index contributed by atoms with van der Waals surface area (Å²) in [6.07, 6.45) is 14.4. The summed E-state index contributed by atoms with van der Waals surface area (Å²) in [5.74, 6) is -10.1. The van der Waals surface area contributed by atoms with Crippen LogP contribution in [0.3, 0.4) is 0 Å². The van der Waals surface area contributed by atoms with Gasteiger partial charge in [-0.05, 0) is 193 Å². The number of anilines is 2. The zero-order valence-electron chi connectivity index (χ0n) is 82.4. The maximum absolute atomic E-state index is 15.0. The van der Waals surface area contributed by atoms with Crippen LogP contribution in [0.25, 0.3) is 5.57 Å². The molecule has 13 N–H and O–H groups in total. The Hall–Kier alpha value is -11.5. The molecule has 3 unspecified atom stereocenters. The second-order valence-electron chi connectivity index (χ2n) is 38.8. The molecule has 1 fully saturated rings. The smallest absolute Gasteiger partial charge is 0.480 e. The number of ketones is 1. The highest BCUT2D eigenvalue weighted by atomic mass is 32.2. The molecule has 42 heteroatoms. The molecule has 0 spiro atoms. The number of allylic oxidation sites excluding steroid dienone is 8. The maximum atomic E-state index is 15.0. The molecule has 1 aliphatic carbocycles. The lowest BCUT2D eigenvalue weighted by Gasteiger charge is -2.37. The average molecular weight is 2020 g/mol. The third kappa shape index (κ3) is 38.3. The lowest BCUT2D eigenvalue weighted by atomic mass is 9.79. The van der Waals surface area contributed by atoms with Gasteiger partial charge in [0.05, 0.1) is 70.3 Å². The number of halogens is 2. The molecule has 1 saturated heterocycles. The molecular formula is C100H142BF2N13O24S2+2. The number of carbonyl (C=O) groups excluding carboxylic acids is 6. The number of carbonyl (C=O) groups is 12. The van der Waals surface area contributed by atoms with E-state index in [0.29, 0.717) is 114 Å². The van der Waals surface area contributed by atoms with E-state index in [4.69, 9.17) is 0 Å². The van der Waals surface area contributed by atoms with Crippen LogP contribution >= 0.6 is 0 Å². The number of urea groups is 1. The number of nitrogens with one attached hydrogen (secondary N) is 5. The minimum atomic E-state index is -4.25. The van der Waals surface area contributed by atoms with Gasteiger partial charge < -0.3 is 76.3 Å². The molecule has 0 radical (unpaired) electrons. The van der Waals surface area contributed by atoms with Gasteiger partial charge in [-0.2, -0.15) is 21.4 Å². The van der Waals surface area contributed by atoms with E-state index in [-0.39, 0.29) is 182 Å². The number of carboxylic acids is 6. The monoisotopic (exact) mass is 2020 g/mol. The summed E-state index contributed by atoms with van der Waals surface area (Å²) >= 11 is 0. The predicted octanol–water partition coefficient (Wildman–Crippen LogP) is 9.90. The Kier molecular flexibility index (Phi) is 45.1. The highest BCUT2D eigenvalue weighted by molar-refractivity contribution is 7.86. The molecule has 142 heavy (non-hydrogen) atoms. The van der Waals surface area contributed by atoms with Gasteiger partial charge in [-0.1, -0.05) is 93.8 Å². The molecule has 778 valence electrons. The first-order chi connectivity index (χ1) is 67.1. The third-order valence-corrected chi connectivity index (χ3v) is 27.8. The minimum absolute atomic E-state index is 0.0153. The Balaban J connectivity index is 1.00. The number of hydrogen-bond acceptors (Lipinski definition) is 21. The normalized spacial score (nSPS) is 17.2. The van der Waals surface area contributed by atoms with Crippen molar-refractivity contribution in [2.45, 2.75) is 205 Å². The van der Waals surface area contributed by atoms with Crippen molar-refractivity contribution >= 4 is 127 Å². The second kappa shape index (κ2) is 55.4. The molecule has 3 heterocycles. The van der Waals surface area contributed by atoms with Crippen LogP contribution in [-0.2, 0) is 80.6 Å². The number of unbranched alkanes of at least 4 members (excludes halogenated alkanes) is 8. The Morgan fingerprint density at radius 3 is 1.73 bits per heavy atom. The number of fused-ring (bicyclic) bond motifs is 2. The number of aliphatic carboxylic acids is 6. The molecule has 6 amide bonds. The van der Waals surface area contributed by atoms with E-state index in [0.717, 1.165) is 50.6 Å². The number of para-hydroxylation sites is 2. The fourth-order valence-corrected chi connectivity index (χ4v) is 19.8. The lowest BCUT2D eigenvalue weighted by molar-refractivity contribution is -0.880. The number of nitrogens with zero attached hydrogens (tertiary/aromatic N) is 8. The van der Waals surface area contributed by atoms with Gasteiger partial charge in [0.1, 0.15) is 30.9 Å². The number of rotatable bonds is 57. The number of hydrogen-bond donors (Lipinski definition) is 13. The van der Waals surface area contributed by atoms with E-state index in [9.17, 15) is 118 Å². The zero-order chi connectivity index (χ0) is 104. The first kappa shape index (κ1) is 116. The number of Topliss-reactive ketones (excluding diaryl/α,β-unsaturated/α-hetero) is 1. The summed E-state index contributed by atoms with van der Waals surface area (Å²) in [6, 6.07) is 23.0. The van der Waals surface area contributed by atoms with Gasteiger partial charge in [0.15, 0.2) is 5.71 Å². The fourth-order valence-electron chi connectivity index (χ4n) is 18.7. The van der Waals surface area contributed by atoms with Crippen molar-refractivity contribution in [3.05, 3.63) is 166 Å². The lowest BCUT2D eigenvalue weighted by Crippen LogP contribution is -2.53. The molecule has 0 saturated carbocycles. The maximum Gasteiger partial charge on any atom is 0.592 e.